The summed E-state index contributed by atoms with van der Waals surface area (Å²) in [6.45, 7) is 5.58. The Labute approximate surface area is 175 Å². The van der Waals surface area contributed by atoms with E-state index in [4.69, 9.17) is 4.74 Å². The highest BCUT2D eigenvalue weighted by atomic mass is 32.1. The standard InChI is InChI=1S/C24H25N3OS/c1-26-10-12-27(13-11-26)16-17-3-5-18(6-4-17)23-21(28-2)8-7-20-24(23)19-9-14-29-22(19)15-25-20/h3-9,14-15H,10-13,16H2,1-2H3. The Bertz CT molecular complexity index is 1140. The molecule has 5 rings (SSSR count). The van der Waals surface area contributed by atoms with Gasteiger partial charge in [0.05, 0.1) is 17.3 Å². The third-order valence-electron chi connectivity index (χ3n) is 5.90. The number of rotatable bonds is 4. The number of aromatic nitrogens is 1. The zero-order valence-corrected chi connectivity index (χ0v) is 17.7. The summed E-state index contributed by atoms with van der Waals surface area (Å²) in [5, 5.41) is 4.55. The van der Waals surface area contributed by atoms with Gasteiger partial charge >= 0.3 is 0 Å². The first-order valence-corrected chi connectivity index (χ1v) is 10.9. The molecule has 0 amide bonds. The number of nitrogens with zero attached hydrogens (tertiary/aromatic N) is 3. The number of thiophene rings is 1. The molecule has 29 heavy (non-hydrogen) atoms. The summed E-state index contributed by atoms with van der Waals surface area (Å²) in [4.78, 5) is 9.62. The zero-order chi connectivity index (χ0) is 19.8. The topological polar surface area (TPSA) is 28.6 Å². The van der Waals surface area contributed by atoms with Crippen molar-refractivity contribution < 1.29 is 4.74 Å². The molecule has 2 aromatic carbocycles. The summed E-state index contributed by atoms with van der Waals surface area (Å²) in [5.74, 6) is 0.893. The minimum absolute atomic E-state index is 0.893. The maximum absolute atomic E-state index is 5.76. The third-order valence-corrected chi connectivity index (χ3v) is 6.75. The Morgan fingerprint density at radius 2 is 1.79 bits per heavy atom. The molecule has 1 fully saturated rings. The number of methoxy groups -OCH3 is 1. The molecular formula is C24H25N3OS. The van der Waals surface area contributed by atoms with Crippen molar-refractivity contribution in [2.45, 2.75) is 6.54 Å². The van der Waals surface area contributed by atoms with Crippen molar-refractivity contribution in [2.75, 3.05) is 40.3 Å². The van der Waals surface area contributed by atoms with Crippen molar-refractivity contribution in [1.82, 2.24) is 14.8 Å². The molecule has 148 valence electrons. The number of benzene rings is 2. The fraction of sp³-hybridized carbons (Fsp3) is 0.292. The Morgan fingerprint density at radius 1 is 1.00 bits per heavy atom. The van der Waals surface area contributed by atoms with Crippen LogP contribution >= 0.6 is 11.3 Å². The second-order valence-electron chi connectivity index (χ2n) is 7.77. The van der Waals surface area contributed by atoms with Crippen molar-refractivity contribution >= 4 is 32.3 Å². The number of hydrogen-bond donors (Lipinski definition) is 0. The lowest BCUT2D eigenvalue weighted by Crippen LogP contribution is -2.43. The molecule has 2 aromatic heterocycles. The summed E-state index contributed by atoms with van der Waals surface area (Å²) < 4.78 is 6.96. The molecule has 1 aliphatic rings. The van der Waals surface area contributed by atoms with E-state index in [1.54, 1.807) is 18.4 Å². The van der Waals surface area contributed by atoms with Crippen LogP contribution in [0.25, 0.3) is 32.1 Å². The largest absolute Gasteiger partial charge is 0.496 e. The average Bonchev–Trinajstić information content (AvgIpc) is 3.24. The van der Waals surface area contributed by atoms with Crippen LogP contribution in [0.15, 0.2) is 54.0 Å². The van der Waals surface area contributed by atoms with Crippen molar-refractivity contribution in [3.8, 4) is 16.9 Å². The molecular weight excluding hydrogens is 378 g/mol. The van der Waals surface area contributed by atoms with E-state index < -0.39 is 0 Å². The van der Waals surface area contributed by atoms with Crippen molar-refractivity contribution in [3.05, 3.63) is 59.6 Å². The van der Waals surface area contributed by atoms with E-state index in [-0.39, 0.29) is 0 Å². The first-order valence-electron chi connectivity index (χ1n) is 10.1. The molecule has 0 N–H and O–H groups in total. The van der Waals surface area contributed by atoms with E-state index in [1.165, 1.54) is 26.6 Å². The number of pyridine rings is 1. The van der Waals surface area contributed by atoms with Crippen molar-refractivity contribution in [1.29, 1.82) is 0 Å². The first kappa shape index (κ1) is 18.6. The highest BCUT2D eigenvalue weighted by Gasteiger charge is 2.16. The van der Waals surface area contributed by atoms with Crippen LogP contribution in [0.3, 0.4) is 0 Å². The van der Waals surface area contributed by atoms with E-state index in [1.807, 2.05) is 12.3 Å². The molecule has 0 spiro atoms. The van der Waals surface area contributed by atoms with Crippen LogP contribution in [0.2, 0.25) is 0 Å². The number of piperazine rings is 1. The van der Waals surface area contributed by atoms with E-state index in [0.717, 1.165) is 49.6 Å². The molecule has 0 radical (unpaired) electrons. The molecule has 0 unspecified atom stereocenters. The second-order valence-corrected chi connectivity index (χ2v) is 8.72. The van der Waals surface area contributed by atoms with Gasteiger partial charge in [0, 0.05) is 55.3 Å². The molecule has 4 nitrogen and oxygen atoms in total. The van der Waals surface area contributed by atoms with Gasteiger partial charge in [0.2, 0.25) is 0 Å². The Hall–Kier alpha value is -2.47. The van der Waals surface area contributed by atoms with E-state index >= 15 is 0 Å². The van der Waals surface area contributed by atoms with Crippen LogP contribution in [0, 0.1) is 0 Å². The van der Waals surface area contributed by atoms with Gasteiger partial charge < -0.3 is 9.64 Å². The van der Waals surface area contributed by atoms with E-state index in [2.05, 4.69) is 63.6 Å². The van der Waals surface area contributed by atoms with Gasteiger partial charge in [-0.25, -0.2) is 0 Å². The number of fused-ring (bicyclic) bond motifs is 3. The molecule has 3 heterocycles. The number of hydrogen-bond acceptors (Lipinski definition) is 5. The van der Waals surface area contributed by atoms with Crippen molar-refractivity contribution in [2.24, 2.45) is 0 Å². The first-order chi connectivity index (χ1) is 14.2. The lowest BCUT2D eigenvalue weighted by atomic mass is 9.96. The minimum atomic E-state index is 0.893. The van der Waals surface area contributed by atoms with Crippen LogP contribution in [-0.4, -0.2) is 55.1 Å². The summed E-state index contributed by atoms with van der Waals surface area (Å²) in [6, 6.07) is 15.2. The lowest BCUT2D eigenvalue weighted by molar-refractivity contribution is 0.148. The maximum atomic E-state index is 5.76. The molecule has 5 heteroatoms. The molecule has 4 aromatic rings. The summed E-state index contributed by atoms with van der Waals surface area (Å²) in [5.41, 5.74) is 4.67. The van der Waals surface area contributed by atoms with Crippen LogP contribution in [0.5, 0.6) is 5.75 Å². The smallest absolute Gasteiger partial charge is 0.127 e. The normalized spacial score (nSPS) is 15.9. The number of ether oxygens (including phenoxy) is 1. The molecule has 1 aliphatic heterocycles. The SMILES string of the molecule is COc1ccc2ncc3sccc3c2c1-c1ccc(CN2CCN(C)CC2)cc1. The van der Waals surface area contributed by atoms with E-state index in [9.17, 15) is 0 Å². The van der Waals surface area contributed by atoms with Gasteiger partial charge in [0.25, 0.3) is 0 Å². The maximum Gasteiger partial charge on any atom is 0.127 e. The minimum Gasteiger partial charge on any atom is -0.496 e. The Morgan fingerprint density at radius 3 is 2.55 bits per heavy atom. The molecule has 0 bridgehead atoms. The predicted molar refractivity (Wildman–Crippen MR) is 122 cm³/mol. The Balaban J connectivity index is 1.54. The van der Waals surface area contributed by atoms with Crippen LogP contribution in [0.1, 0.15) is 5.56 Å². The van der Waals surface area contributed by atoms with Gasteiger partial charge in [-0.1, -0.05) is 24.3 Å². The van der Waals surface area contributed by atoms with Crippen LogP contribution < -0.4 is 4.74 Å². The van der Waals surface area contributed by atoms with Crippen molar-refractivity contribution in [3.63, 3.8) is 0 Å². The van der Waals surface area contributed by atoms with Gasteiger partial charge in [-0.05, 0) is 41.8 Å². The van der Waals surface area contributed by atoms with Crippen LogP contribution in [0.4, 0.5) is 0 Å². The quantitative estimate of drug-likeness (QED) is 0.486. The highest BCUT2D eigenvalue weighted by molar-refractivity contribution is 7.17. The molecule has 0 aliphatic carbocycles. The molecule has 0 saturated carbocycles. The predicted octanol–water partition coefficient (Wildman–Crippen LogP) is 4.87. The zero-order valence-electron chi connectivity index (χ0n) is 16.9. The molecule has 1 saturated heterocycles. The van der Waals surface area contributed by atoms with Gasteiger partial charge in [-0.2, -0.15) is 0 Å². The second kappa shape index (κ2) is 7.75. The fourth-order valence-electron chi connectivity index (χ4n) is 4.21. The summed E-state index contributed by atoms with van der Waals surface area (Å²) in [7, 11) is 3.94. The average molecular weight is 404 g/mol. The third kappa shape index (κ3) is 3.50. The molecule has 0 atom stereocenters. The lowest BCUT2D eigenvalue weighted by Gasteiger charge is -2.32. The van der Waals surface area contributed by atoms with Gasteiger partial charge in [-0.15, -0.1) is 11.3 Å². The monoisotopic (exact) mass is 403 g/mol. The Kier molecular flexibility index (Phi) is 4.96. The van der Waals surface area contributed by atoms with Gasteiger partial charge in [-0.3, -0.25) is 9.88 Å². The summed E-state index contributed by atoms with van der Waals surface area (Å²) >= 11 is 1.73. The number of likely N-dealkylation sites (N-methyl/N-ethyl adjacent to an activating group) is 1. The summed E-state index contributed by atoms with van der Waals surface area (Å²) in [6.07, 6.45) is 1.97. The van der Waals surface area contributed by atoms with Gasteiger partial charge in [0.15, 0.2) is 0 Å². The van der Waals surface area contributed by atoms with Crippen LogP contribution in [-0.2, 0) is 6.54 Å². The highest BCUT2D eigenvalue weighted by Crippen LogP contribution is 2.41. The van der Waals surface area contributed by atoms with Gasteiger partial charge in [0.1, 0.15) is 5.75 Å². The fourth-order valence-corrected chi connectivity index (χ4v) is 4.97. The van der Waals surface area contributed by atoms with E-state index in [0.29, 0.717) is 0 Å².